The number of fused-ring (bicyclic) bond motifs is 15. The number of phenolic OH excluding ortho intramolecular Hbond substituents is 3. The molecule has 6 heterocycles. The Morgan fingerprint density at radius 1 is 0.872 bits per heavy atom. The molecule has 0 unspecified atom stereocenters. The zero-order valence-corrected chi connectivity index (χ0v) is 49.8. The molecule has 1 saturated carbocycles. The molecule has 6 aliphatic rings. The number of ether oxygens (including phenoxy) is 5. The number of amides is 2. The molecule has 462 valence electrons. The van der Waals surface area contributed by atoms with E-state index in [1.165, 1.54) is 66.5 Å². The van der Waals surface area contributed by atoms with Gasteiger partial charge in [-0.1, -0.05) is 45.9 Å². The lowest BCUT2D eigenvalue weighted by molar-refractivity contribution is -0.160. The highest BCUT2D eigenvalue weighted by molar-refractivity contribution is 6.24. The van der Waals surface area contributed by atoms with Gasteiger partial charge in [0.15, 0.2) is 17.3 Å². The highest BCUT2D eigenvalue weighted by Crippen LogP contribution is 2.55. The Balaban J connectivity index is 0.991. The molecule has 0 spiro atoms. The average molecular weight is 1200 g/mol. The number of piperidine rings is 1. The van der Waals surface area contributed by atoms with Crippen molar-refractivity contribution in [2.45, 2.75) is 117 Å². The van der Waals surface area contributed by atoms with Gasteiger partial charge in [0.2, 0.25) is 11.3 Å². The number of piperazine rings is 1. The van der Waals surface area contributed by atoms with E-state index >= 15 is 4.39 Å². The van der Waals surface area contributed by atoms with Gasteiger partial charge in [-0.2, -0.15) is 5.10 Å². The zero-order chi connectivity index (χ0) is 62.5. The number of carboxylic acids is 1. The summed E-state index contributed by atoms with van der Waals surface area (Å²) < 4.78 is 47.4. The van der Waals surface area contributed by atoms with Crippen LogP contribution in [0.15, 0.2) is 58.3 Å². The number of aromatic carboxylic acids is 1. The quantitative estimate of drug-likeness (QED) is 0.0399. The van der Waals surface area contributed by atoms with Crippen molar-refractivity contribution in [1.82, 2.24) is 14.5 Å². The number of halogens is 1. The molecule has 4 aromatic rings. The number of phenols is 3. The Morgan fingerprint density at radius 2 is 1.55 bits per heavy atom. The lowest BCUT2D eigenvalue weighted by atomic mass is 9.78. The lowest BCUT2D eigenvalue weighted by Crippen LogP contribution is -2.51. The third-order valence-electron chi connectivity index (χ3n) is 17.7. The van der Waals surface area contributed by atoms with Crippen molar-refractivity contribution in [1.29, 1.82) is 0 Å². The molecule has 24 heteroatoms. The number of hydrazone groups is 1. The SMILES string of the molecule is COc1c(N2CCN(C(=O)C3CCN(/N=C/c4c5c(O)c6c(O)c(C)c7c(c6c4O)C(=O)[C@@](C)(O/C=C/[C@H](OC)[C@@H](C)[C@@H](OC(C)=O)[C@H](C)[C@H](O)[C@H](C)[C@@H](O)[C@@H](C)/C=C/C=C(/C)C(=O)N5)O7)CC3)CC2)c(F)cc2c(=O)c(C(=O)O)cn(C3CC3)c12. The summed E-state index contributed by atoms with van der Waals surface area (Å²) in [6.07, 6.45) is 7.84. The van der Waals surface area contributed by atoms with Crippen molar-refractivity contribution in [3.8, 4) is 28.7 Å². The molecule has 23 nitrogen and oxygen atoms in total. The average Bonchev–Trinajstić information content (AvgIpc) is 1.45. The Bertz CT molecular complexity index is 3580. The summed E-state index contributed by atoms with van der Waals surface area (Å²) in [7, 11) is 2.78. The molecule has 5 aliphatic heterocycles. The normalized spacial score (nSPS) is 27.6. The van der Waals surface area contributed by atoms with Crippen LogP contribution in [-0.4, -0.2) is 165 Å². The summed E-state index contributed by atoms with van der Waals surface area (Å²) in [5.74, 6) is -11.8. The van der Waals surface area contributed by atoms with E-state index in [2.05, 4.69) is 10.4 Å². The van der Waals surface area contributed by atoms with Crippen LogP contribution in [0.1, 0.15) is 112 Å². The van der Waals surface area contributed by atoms with Crippen LogP contribution in [0.25, 0.3) is 21.7 Å². The van der Waals surface area contributed by atoms with Gasteiger partial charge in [-0.3, -0.25) is 29.0 Å². The number of anilines is 2. The van der Waals surface area contributed by atoms with Gasteiger partial charge in [0.05, 0.1) is 71.0 Å². The molecule has 86 heavy (non-hydrogen) atoms. The maximum absolute atomic E-state index is 16.1. The number of aromatic hydroxyl groups is 3. The maximum atomic E-state index is 16.1. The van der Waals surface area contributed by atoms with Crippen molar-refractivity contribution in [3.05, 3.63) is 86.7 Å². The predicted octanol–water partition coefficient (Wildman–Crippen LogP) is 6.64. The number of allylic oxidation sites excluding steroid dienone is 2. The second-order valence-electron chi connectivity index (χ2n) is 23.4. The number of ketones is 1. The van der Waals surface area contributed by atoms with Gasteiger partial charge in [0.25, 0.3) is 11.7 Å². The second kappa shape index (κ2) is 24.6. The number of carboxylic acid groups (broad SMARTS) is 1. The van der Waals surface area contributed by atoms with Crippen LogP contribution in [0.2, 0.25) is 0 Å². The van der Waals surface area contributed by atoms with Gasteiger partial charge in [-0.25, -0.2) is 9.18 Å². The number of benzene rings is 3. The minimum atomic E-state index is -2.14. The molecule has 7 N–H and O–H groups in total. The number of pyridine rings is 1. The van der Waals surface area contributed by atoms with Gasteiger partial charge < -0.3 is 74.0 Å². The van der Waals surface area contributed by atoms with Gasteiger partial charge >= 0.3 is 17.7 Å². The molecule has 0 radical (unpaired) electrons. The summed E-state index contributed by atoms with van der Waals surface area (Å²) >= 11 is 0. The molecule has 1 aliphatic carbocycles. The third-order valence-corrected chi connectivity index (χ3v) is 17.7. The summed E-state index contributed by atoms with van der Waals surface area (Å²) in [4.78, 5) is 84.2. The molecule has 9 atom stereocenters. The van der Waals surface area contributed by atoms with Crippen molar-refractivity contribution < 1.29 is 82.7 Å². The number of esters is 1. The molecule has 2 saturated heterocycles. The summed E-state index contributed by atoms with van der Waals surface area (Å²) in [6.45, 7) is 13.7. The summed E-state index contributed by atoms with van der Waals surface area (Å²) in [6, 6.07) is 0.982. The van der Waals surface area contributed by atoms with Crippen LogP contribution >= 0.6 is 0 Å². The first-order chi connectivity index (χ1) is 40.7. The number of carbonyl (C=O) groups excluding carboxylic acids is 4. The minimum absolute atomic E-state index is 0.0124. The number of methoxy groups -OCH3 is 2. The van der Waals surface area contributed by atoms with E-state index in [1.54, 1.807) is 59.2 Å². The number of aliphatic hydroxyl groups excluding tert-OH is 2. The fourth-order valence-corrected chi connectivity index (χ4v) is 12.4. The first-order valence-corrected chi connectivity index (χ1v) is 28.8. The Morgan fingerprint density at radius 3 is 2.16 bits per heavy atom. The fraction of sp³-hybridized carbons (Fsp3) is 0.500. The van der Waals surface area contributed by atoms with Gasteiger partial charge in [-0.05, 0) is 51.7 Å². The highest BCUT2D eigenvalue weighted by Gasteiger charge is 2.50. The van der Waals surface area contributed by atoms with Crippen molar-refractivity contribution in [2.24, 2.45) is 34.7 Å². The van der Waals surface area contributed by atoms with Crippen LogP contribution < -0.4 is 25.1 Å². The topological polar surface area (TPSA) is 309 Å². The number of nitrogens with one attached hydrogen (secondary N) is 1. The number of rotatable bonds is 9. The van der Waals surface area contributed by atoms with Crippen LogP contribution in [0, 0.1) is 42.3 Å². The maximum Gasteiger partial charge on any atom is 0.341 e. The Hall–Kier alpha value is -8.22. The number of aliphatic hydroxyl groups is 2. The number of aromatic nitrogens is 1. The van der Waals surface area contributed by atoms with E-state index in [9.17, 15) is 59.4 Å². The van der Waals surface area contributed by atoms with Crippen LogP contribution in [0.5, 0.6) is 28.7 Å². The zero-order valence-electron chi connectivity index (χ0n) is 49.8. The molecule has 10 rings (SSSR count). The molecule has 2 amide bonds. The first kappa shape index (κ1) is 62.3. The minimum Gasteiger partial charge on any atom is -0.507 e. The predicted molar refractivity (Wildman–Crippen MR) is 314 cm³/mol. The Labute approximate surface area is 495 Å². The summed E-state index contributed by atoms with van der Waals surface area (Å²) in [5, 5.41) is 77.5. The van der Waals surface area contributed by atoms with E-state index in [1.807, 2.05) is 0 Å². The van der Waals surface area contributed by atoms with Crippen LogP contribution in [0.4, 0.5) is 15.8 Å². The van der Waals surface area contributed by atoms with Gasteiger partial charge in [0, 0.05) is 119 Å². The van der Waals surface area contributed by atoms with E-state index < -0.39 is 123 Å². The molecule has 5 bridgehead atoms. The van der Waals surface area contributed by atoms with E-state index in [-0.39, 0.29) is 107 Å². The lowest BCUT2D eigenvalue weighted by Gasteiger charge is -2.39. The number of nitrogens with zero attached hydrogens (tertiary/aromatic N) is 5. The number of carbonyl (C=O) groups is 5. The molecular formula is C62H75FN6O17. The number of Topliss-reactive ketones (excluding diaryl/α,β-unsaturated/α-hetero) is 1. The Kier molecular flexibility index (Phi) is 17.9. The van der Waals surface area contributed by atoms with Crippen molar-refractivity contribution in [2.75, 3.05) is 63.7 Å². The van der Waals surface area contributed by atoms with Gasteiger partial charge in [0.1, 0.15) is 34.6 Å². The van der Waals surface area contributed by atoms with Crippen molar-refractivity contribution in [3.63, 3.8) is 0 Å². The van der Waals surface area contributed by atoms with Gasteiger partial charge in [-0.15, -0.1) is 0 Å². The van der Waals surface area contributed by atoms with E-state index in [0.717, 1.165) is 25.2 Å². The molecule has 3 fully saturated rings. The van der Waals surface area contributed by atoms with Crippen LogP contribution in [-0.2, 0) is 28.6 Å². The van der Waals surface area contributed by atoms with E-state index in [0.29, 0.717) is 18.4 Å². The van der Waals surface area contributed by atoms with Crippen LogP contribution in [0.3, 0.4) is 0 Å². The highest BCUT2D eigenvalue weighted by atomic mass is 19.1. The fourth-order valence-electron chi connectivity index (χ4n) is 12.4. The first-order valence-electron chi connectivity index (χ1n) is 28.8. The number of hydrogen-bond donors (Lipinski definition) is 7. The molecule has 3 aromatic carbocycles. The number of hydrogen-bond acceptors (Lipinski definition) is 19. The van der Waals surface area contributed by atoms with Crippen molar-refractivity contribution >= 4 is 68.8 Å². The summed E-state index contributed by atoms with van der Waals surface area (Å²) in [5.41, 5.74) is -1.68. The monoisotopic (exact) mass is 1190 g/mol. The largest absolute Gasteiger partial charge is 0.507 e. The smallest absolute Gasteiger partial charge is 0.341 e. The molecule has 1 aromatic heterocycles. The molecular weight excluding hydrogens is 1120 g/mol. The standard InChI is InChI=1S/C62H75FN6O17/c1-29-12-11-13-30(2)59(78)65-46-39(27-64-68-19-16-36(17-20-68)60(79)67-23-21-66(22-24-67)48-41(63)26-38-47(57(48)83-10)69(37-14-15-37)28-40(52(38)74)61(80)81)53(75)43-44(54(46)76)51(73)34(6)56-45(43)58(77)62(8,86-56)84-25-18-42(82-9)31(3)55(85-35(7)70)33(5)50(72)32(4)49(29)71/h11-13,18,25-29,31-33,36-37,42,49-50,55,71-73,75-76H,14-17,19-24H2,1-10H3,(H,65,78)(H,80,81)/b12-11+,25-18+,30-13-,64-27+/t29-,31+,32+,33+,42-,49-,50+,55+,62-/m0/s1. The third kappa shape index (κ3) is 11.5. The van der Waals surface area contributed by atoms with E-state index in [4.69, 9.17) is 23.7 Å². The second-order valence-corrected chi connectivity index (χ2v) is 23.4.